The zero-order chi connectivity index (χ0) is 27.1. The number of ether oxygens (including phenoxy) is 1. The Morgan fingerprint density at radius 3 is 2.65 bits per heavy atom. The molecule has 6 N–H and O–H groups in total. The number of nitrogens with zero attached hydrogens (tertiary/aromatic N) is 3. The number of fused-ring (bicyclic) bond motifs is 1. The highest BCUT2D eigenvalue weighted by Gasteiger charge is 2.40. The molecule has 1 unspecified atom stereocenters. The second kappa shape index (κ2) is 9.44. The predicted molar refractivity (Wildman–Crippen MR) is 125 cm³/mol. The molecule has 3 aromatic heterocycles. The number of aromatic amines is 1. The average Bonchev–Trinajstić information content (AvgIpc) is 3.46. The average molecular weight is 519 g/mol. The summed E-state index contributed by atoms with van der Waals surface area (Å²) in [4.78, 5) is 32.0. The zero-order valence-corrected chi connectivity index (χ0v) is 19.5. The number of anilines is 1. The van der Waals surface area contributed by atoms with Crippen molar-refractivity contribution in [2.75, 3.05) is 12.8 Å². The fourth-order valence-corrected chi connectivity index (χ4v) is 3.86. The van der Waals surface area contributed by atoms with Crippen LogP contribution in [0.2, 0.25) is 0 Å². The maximum absolute atomic E-state index is 13.6. The third kappa shape index (κ3) is 4.64. The van der Waals surface area contributed by atoms with Gasteiger partial charge in [0.25, 0.3) is 11.8 Å². The number of pyridine rings is 1. The smallest absolute Gasteiger partial charge is 0.410 e. The van der Waals surface area contributed by atoms with Gasteiger partial charge in [-0.05, 0) is 31.2 Å². The highest BCUT2D eigenvalue weighted by molar-refractivity contribution is 6.07. The molecule has 0 aliphatic heterocycles. The second-order valence-corrected chi connectivity index (χ2v) is 8.05. The van der Waals surface area contributed by atoms with E-state index in [1.54, 1.807) is 12.3 Å². The van der Waals surface area contributed by atoms with E-state index in [4.69, 9.17) is 16.2 Å². The number of carbonyl (C=O) groups is 2. The molecule has 1 aromatic carbocycles. The van der Waals surface area contributed by atoms with Gasteiger partial charge in [-0.2, -0.15) is 18.3 Å². The molecule has 2 amide bonds. The molecule has 4 rings (SSSR count). The Balaban J connectivity index is 1.72. The van der Waals surface area contributed by atoms with E-state index in [-0.39, 0.29) is 34.7 Å². The van der Waals surface area contributed by atoms with Crippen LogP contribution in [0, 0.1) is 5.82 Å². The standard InChI is InChI=1S/C23H21F4N7O3/c1-10(23(25,26)27)34-20(28)17(21(29)35)19(33-34)14-8-31-15(18-12(14)5-6-30-18)9-32-22(36)13-7-11(24)3-4-16(13)37-2/h3-8,10,30H,9,28H2,1-2H3,(H2,29,35)(H,32,36). The largest absolute Gasteiger partial charge is 0.496 e. The summed E-state index contributed by atoms with van der Waals surface area (Å²) in [6, 6.07) is 2.98. The van der Waals surface area contributed by atoms with Gasteiger partial charge in [0.15, 0.2) is 0 Å². The SMILES string of the molecule is COc1ccc(F)cc1C(=O)NCc1ncc(-c2nn(C(C)C(F)(F)F)c(N)c2C(N)=O)c2cc[nH]c12. The molecule has 0 radical (unpaired) electrons. The van der Waals surface area contributed by atoms with Crippen LogP contribution in [0.1, 0.15) is 39.4 Å². The minimum atomic E-state index is -4.68. The first-order chi connectivity index (χ1) is 17.4. The molecule has 3 heterocycles. The first-order valence-electron chi connectivity index (χ1n) is 10.8. The molecule has 0 bridgehead atoms. The number of H-pyrrole nitrogens is 1. The van der Waals surface area contributed by atoms with Gasteiger partial charge in [0.2, 0.25) is 0 Å². The normalized spacial score (nSPS) is 12.5. The van der Waals surface area contributed by atoms with Gasteiger partial charge in [0.05, 0.1) is 30.4 Å². The van der Waals surface area contributed by atoms with Gasteiger partial charge in [0, 0.05) is 23.3 Å². The lowest BCUT2D eigenvalue weighted by Crippen LogP contribution is -2.26. The van der Waals surface area contributed by atoms with Crippen molar-refractivity contribution < 1.29 is 31.9 Å². The molecule has 4 aromatic rings. The molecule has 0 saturated carbocycles. The van der Waals surface area contributed by atoms with E-state index in [1.807, 2.05) is 0 Å². The lowest BCUT2D eigenvalue weighted by molar-refractivity contribution is -0.164. The van der Waals surface area contributed by atoms with Gasteiger partial charge < -0.3 is 26.5 Å². The molecule has 0 fully saturated rings. The quantitative estimate of drug-likeness (QED) is 0.275. The van der Waals surface area contributed by atoms with Crippen molar-refractivity contribution in [2.24, 2.45) is 5.73 Å². The number of aromatic nitrogens is 4. The summed E-state index contributed by atoms with van der Waals surface area (Å²) in [5.74, 6) is -2.66. The topological polar surface area (TPSA) is 154 Å². The highest BCUT2D eigenvalue weighted by Crippen LogP contribution is 2.37. The number of alkyl halides is 3. The number of nitrogens with two attached hydrogens (primary N) is 2. The van der Waals surface area contributed by atoms with Crippen LogP contribution in [0.25, 0.3) is 22.2 Å². The van der Waals surface area contributed by atoms with Crippen LogP contribution >= 0.6 is 0 Å². The van der Waals surface area contributed by atoms with Crippen LogP contribution < -0.4 is 21.5 Å². The number of nitrogens with one attached hydrogen (secondary N) is 2. The third-order valence-electron chi connectivity index (χ3n) is 5.79. The maximum Gasteiger partial charge on any atom is 0.410 e. The summed E-state index contributed by atoms with van der Waals surface area (Å²) in [7, 11) is 1.34. The van der Waals surface area contributed by atoms with E-state index in [2.05, 4.69) is 20.4 Å². The second-order valence-electron chi connectivity index (χ2n) is 8.05. The van der Waals surface area contributed by atoms with Crippen molar-refractivity contribution >= 4 is 28.5 Å². The van der Waals surface area contributed by atoms with Crippen LogP contribution in [0.5, 0.6) is 5.75 Å². The molecule has 0 aliphatic rings. The lowest BCUT2D eigenvalue weighted by atomic mass is 10.0. The number of hydrogen-bond donors (Lipinski definition) is 4. The first-order valence-corrected chi connectivity index (χ1v) is 10.8. The van der Waals surface area contributed by atoms with Gasteiger partial charge in [-0.1, -0.05) is 0 Å². The van der Waals surface area contributed by atoms with Crippen molar-refractivity contribution in [1.29, 1.82) is 0 Å². The van der Waals surface area contributed by atoms with Gasteiger partial charge in [-0.3, -0.25) is 14.6 Å². The number of hydrogen-bond acceptors (Lipinski definition) is 6. The summed E-state index contributed by atoms with van der Waals surface area (Å²) in [6.07, 6.45) is -1.85. The van der Waals surface area contributed by atoms with Crippen molar-refractivity contribution in [3.63, 3.8) is 0 Å². The van der Waals surface area contributed by atoms with E-state index in [0.717, 1.165) is 19.1 Å². The Morgan fingerprint density at radius 1 is 1.27 bits per heavy atom. The molecule has 0 saturated heterocycles. The van der Waals surface area contributed by atoms with E-state index in [0.29, 0.717) is 21.3 Å². The molecule has 0 spiro atoms. The number of nitrogen functional groups attached to an aromatic ring is 1. The molecular weight excluding hydrogens is 498 g/mol. The molecule has 37 heavy (non-hydrogen) atoms. The Hall–Kier alpha value is -4.62. The van der Waals surface area contributed by atoms with Crippen LogP contribution in [-0.2, 0) is 6.54 Å². The molecule has 194 valence electrons. The van der Waals surface area contributed by atoms with Gasteiger partial charge in [0.1, 0.15) is 34.7 Å². The fraction of sp³-hybridized carbons (Fsp3) is 0.217. The molecule has 14 heteroatoms. The van der Waals surface area contributed by atoms with Gasteiger partial charge in [-0.15, -0.1) is 0 Å². The molecule has 10 nitrogen and oxygen atoms in total. The van der Waals surface area contributed by atoms with Crippen LogP contribution in [-0.4, -0.2) is 44.8 Å². The summed E-state index contributed by atoms with van der Waals surface area (Å²) in [5, 5.41) is 7.03. The Bertz CT molecular complexity index is 1510. The highest BCUT2D eigenvalue weighted by atomic mass is 19.4. The van der Waals surface area contributed by atoms with E-state index in [1.165, 1.54) is 19.4 Å². The number of methoxy groups -OCH3 is 1. The molecular formula is C23H21F4N7O3. The van der Waals surface area contributed by atoms with Gasteiger partial charge >= 0.3 is 6.18 Å². The summed E-state index contributed by atoms with van der Waals surface area (Å²) in [5.41, 5.74) is 11.7. The van der Waals surface area contributed by atoms with Crippen molar-refractivity contribution in [3.05, 3.63) is 59.3 Å². The van der Waals surface area contributed by atoms with Crippen molar-refractivity contribution in [1.82, 2.24) is 25.1 Å². The number of primary amides is 1. The maximum atomic E-state index is 13.6. The Labute approximate surface area is 206 Å². The molecule has 1 atom stereocenters. The number of amides is 2. The minimum absolute atomic E-state index is 0.0206. The number of rotatable bonds is 7. The Morgan fingerprint density at radius 2 is 2.00 bits per heavy atom. The zero-order valence-electron chi connectivity index (χ0n) is 19.5. The lowest BCUT2D eigenvalue weighted by Gasteiger charge is -2.17. The van der Waals surface area contributed by atoms with E-state index >= 15 is 0 Å². The van der Waals surface area contributed by atoms with Crippen molar-refractivity contribution in [3.8, 4) is 17.0 Å². The summed E-state index contributed by atoms with van der Waals surface area (Å²) >= 11 is 0. The van der Waals surface area contributed by atoms with E-state index in [9.17, 15) is 27.2 Å². The number of benzene rings is 1. The first kappa shape index (κ1) is 25.5. The summed E-state index contributed by atoms with van der Waals surface area (Å²) in [6.45, 7) is 0.752. The fourth-order valence-electron chi connectivity index (χ4n) is 3.86. The van der Waals surface area contributed by atoms with Crippen LogP contribution in [0.15, 0.2) is 36.7 Å². The predicted octanol–water partition coefficient (Wildman–Crippen LogP) is 3.31. The summed E-state index contributed by atoms with van der Waals surface area (Å²) < 4.78 is 59.3. The minimum Gasteiger partial charge on any atom is -0.496 e. The van der Waals surface area contributed by atoms with Crippen molar-refractivity contribution in [2.45, 2.75) is 25.7 Å². The third-order valence-corrected chi connectivity index (χ3v) is 5.79. The number of carbonyl (C=O) groups excluding carboxylic acids is 2. The molecule has 0 aliphatic carbocycles. The Kier molecular flexibility index (Phi) is 6.50. The van der Waals surface area contributed by atoms with Gasteiger partial charge in [-0.25, -0.2) is 9.07 Å². The monoisotopic (exact) mass is 519 g/mol. The van der Waals surface area contributed by atoms with Crippen LogP contribution in [0.4, 0.5) is 23.4 Å². The number of halogens is 4. The van der Waals surface area contributed by atoms with Crippen LogP contribution in [0.3, 0.4) is 0 Å². The van der Waals surface area contributed by atoms with E-state index < -0.39 is 35.7 Å².